The summed E-state index contributed by atoms with van der Waals surface area (Å²) in [7, 11) is 1.55. The number of likely N-dealkylation sites (N-methyl/N-ethyl adjacent to an activating group) is 1. The Morgan fingerprint density at radius 1 is 1.06 bits per heavy atom. The number of imide groups is 1. The highest BCUT2D eigenvalue weighted by atomic mass is 16.5. The Hall–Kier alpha value is -3.68. The molecule has 0 radical (unpaired) electrons. The number of ether oxygens (including phenoxy) is 1. The molecule has 2 aromatic carbocycles. The van der Waals surface area contributed by atoms with Gasteiger partial charge < -0.3 is 15.0 Å². The van der Waals surface area contributed by atoms with Crippen molar-refractivity contribution in [3.63, 3.8) is 0 Å². The predicted molar refractivity (Wildman–Crippen MR) is 114 cm³/mol. The molecule has 8 heteroatoms. The summed E-state index contributed by atoms with van der Waals surface area (Å²) in [6.45, 7) is 2.11. The van der Waals surface area contributed by atoms with Crippen molar-refractivity contribution in [1.29, 1.82) is 0 Å². The van der Waals surface area contributed by atoms with Crippen molar-refractivity contribution in [2.24, 2.45) is 0 Å². The summed E-state index contributed by atoms with van der Waals surface area (Å²) in [4.78, 5) is 51.4. The molecule has 0 aliphatic carbocycles. The average molecular weight is 423 g/mol. The van der Waals surface area contributed by atoms with Crippen molar-refractivity contribution in [3.8, 4) is 0 Å². The van der Waals surface area contributed by atoms with Gasteiger partial charge in [-0.25, -0.2) is 4.79 Å². The molecule has 1 atom stereocenters. The minimum Gasteiger partial charge on any atom is -0.447 e. The summed E-state index contributed by atoms with van der Waals surface area (Å²) >= 11 is 0. The maximum absolute atomic E-state index is 12.8. The van der Waals surface area contributed by atoms with Gasteiger partial charge in [0, 0.05) is 31.3 Å². The molecule has 0 saturated carbocycles. The van der Waals surface area contributed by atoms with Gasteiger partial charge in [0.25, 0.3) is 5.91 Å². The van der Waals surface area contributed by atoms with Gasteiger partial charge in [-0.1, -0.05) is 48.0 Å². The highest BCUT2D eigenvalue weighted by molar-refractivity contribution is 6.01. The number of amides is 4. The van der Waals surface area contributed by atoms with Crippen LogP contribution in [0.1, 0.15) is 30.1 Å². The van der Waals surface area contributed by atoms with E-state index in [9.17, 15) is 19.2 Å². The first kappa shape index (κ1) is 22.0. The lowest BCUT2D eigenvalue weighted by molar-refractivity contribution is -0.155. The molecule has 3 rings (SSSR count). The second-order valence-electron chi connectivity index (χ2n) is 7.42. The third-order valence-corrected chi connectivity index (χ3v) is 4.90. The number of esters is 1. The van der Waals surface area contributed by atoms with Gasteiger partial charge in [-0.3, -0.25) is 19.3 Å². The first-order valence-corrected chi connectivity index (χ1v) is 10.0. The molecular formula is C23H25N3O5. The first-order chi connectivity index (χ1) is 14.8. The van der Waals surface area contributed by atoms with E-state index in [4.69, 9.17) is 4.74 Å². The summed E-state index contributed by atoms with van der Waals surface area (Å²) in [6, 6.07) is 15.7. The van der Waals surface area contributed by atoms with Crippen LogP contribution in [0, 0.1) is 6.92 Å². The number of anilines is 1. The van der Waals surface area contributed by atoms with E-state index < -0.39 is 18.0 Å². The van der Waals surface area contributed by atoms with Crippen molar-refractivity contribution in [2.75, 3.05) is 25.5 Å². The number of carbonyl (C=O) groups is 4. The fourth-order valence-corrected chi connectivity index (χ4v) is 3.21. The number of carbonyl (C=O) groups excluding carboxylic acids is 4. The number of nitrogens with zero attached hydrogens (tertiary/aromatic N) is 2. The van der Waals surface area contributed by atoms with Crippen LogP contribution in [-0.4, -0.2) is 53.8 Å². The fourth-order valence-electron chi connectivity index (χ4n) is 3.21. The molecule has 0 aromatic heterocycles. The van der Waals surface area contributed by atoms with Crippen LogP contribution >= 0.6 is 0 Å². The van der Waals surface area contributed by atoms with E-state index in [-0.39, 0.29) is 37.9 Å². The molecule has 1 aliphatic heterocycles. The molecular weight excluding hydrogens is 398 g/mol. The van der Waals surface area contributed by atoms with Crippen molar-refractivity contribution in [1.82, 2.24) is 9.80 Å². The van der Waals surface area contributed by atoms with Crippen LogP contribution in [-0.2, 0) is 19.1 Å². The van der Waals surface area contributed by atoms with Gasteiger partial charge in [0.15, 0.2) is 0 Å². The molecule has 1 saturated heterocycles. The van der Waals surface area contributed by atoms with Gasteiger partial charge in [-0.15, -0.1) is 0 Å². The molecule has 2 aromatic rings. The molecule has 4 amide bonds. The molecule has 1 heterocycles. The lowest BCUT2D eigenvalue weighted by Crippen LogP contribution is -2.33. The SMILES string of the molecule is Cc1ccc(NC(=O)[C@@H](OC(=O)CCCN2C(=O)CN(C)C2=O)c2ccccc2)cc1. The molecule has 8 nitrogen and oxygen atoms in total. The lowest BCUT2D eigenvalue weighted by atomic mass is 10.1. The van der Waals surface area contributed by atoms with Gasteiger partial charge in [0.2, 0.25) is 12.0 Å². The Balaban J connectivity index is 1.61. The average Bonchev–Trinajstić information content (AvgIpc) is 3.00. The number of urea groups is 1. The van der Waals surface area contributed by atoms with Crippen LogP contribution in [0.5, 0.6) is 0 Å². The number of nitrogens with one attached hydrogen (secondary N) is 1. The minimum absolute atomic E-state index is 0.0259. The van der Waals surface area contributed by atoms with Crippen LogP contribution in [0.4, 0.5) is 10.5 Å². The molecule has 31 heavy (non-hydrogen) atoms. The Labute approximate surface area is 180 Å². The molecule has 162 valence electrons. The zero-order chi connectivity index (χ0) is 22.4. The van der Waals surface area contributed by atoms with Crippen LogP contribution in [0.2, 0.25) is 0 Å². The van der Waals surface area contributed by atoms with E-state index in [2.05, 4.69) is 5.32 Å². The normalized spacial score (nSPS) is 14.5. The van der Waals surface area contributed by atoms with Gasteiger partial charge in [-0.05, 0) is 25.5 Å². The molecule has 1 fully saturated rings. The highest BCUT2D eigenvalue weighted by Gasteiger charge is 2.33. The topological polar surface area (TPSA) is 96.0 Å². The van der Waals surface area contributed by atoms with Crippen LogP contribution in [0.25, 0.3) is 0 Å². The van der Waals surface area contributed by atoms with Crippen molar-refractivity contribution in [3.05, 3.63) is 65.7 Å². The minimum atomic E-state index is -1.11. The van der Waals surface area contributed by atoms with E-state index in [0.717, 1.165) is 10.5 Å². The number of hydrogen-bond donors (Lipinski definition) is 1. The van der Waals surface area contributed by atoms with Gasteiger partial charge in [0.05, 0.1) is 0 Å². The molecule has 0 unspecified atom stereocenters. The summed E-state index contributed by atoms with van der Waals surface area (Å²) in [6.07, 6.45) is -0.885. The van der Waals surface area contributed by atoms with Crippen molar-refractivity contribution in [2.45, 2.75) is 25.9 Å². The third kappa shape index (κ3) is 5.69. The zero-order valence-electron chi connectivity index (χ0n) is 17.5. The van der Waals surface area contributed by atoms with Crippen LogP contribution in [0.15, 0.2) is 54.6 Å². The third-order valence-electron chi connectivity index (χ3n) is 4.90. The Kier molecular flexibility index (Phi) is 7.02. The van der Waals surface area contributed by atoms with Gasteiger partial charge in [-0.2, -0.15) is 0 Å². The summed E-state index contributed by atoms with van der Waals surface area (Å²) < 4.78 is 5.48. The quantitative estimate of drug-likeness (QED) is 0.520. The summed E-state index contributed by atoms with van der Waals surface area (Å²) in [5.41, 5.74) is 2.21. The maximum atomic E-state index is 12.8. The van der Waals surface area contributed by atoms with Crippen molar-refractivity contribution < 1.29 is 23.9 Å². The van der Waals surface area contributed by atoms with E-state index in [0.29, 0.717) is 11.3 Å². The van der Waals surface area contributed by atoms with E-state index in [1.807, 2.05) is 19.1 Å². The van der Waals surface area contributed by atoms with E-state index in [1.165, 1.54) is 4.90 Å². The predicted octanol–water partition coefficient (Wildman–Crippen LogP) is 2.89. The summed E-state index contributed by atoms with van der Waals surface area (Å²) in [5, 5.41) is 2.77. The van der Waals surface area contributed by atoms with E-state index >= 15 is 0 Å². The molecule has 1 N–H and O–H groups in total. The Bertz CT molecular complexity index is 959. The van der Waals surface area contributed by atoms with E-state index in [1.54, 1.807) is 49.5 Å². The standard InChI is InChI=1S/C23H25N3O5/c1-16-10-12-18(13-11-16)24-22(29)21(17-7-4-3-5-8-17)31-20(28)9-6-14-26-19(27)15-25(2)23(26)30/h3-5,7-8,10-13,21H,6,9,14-15H2,1-2H3,(H,24,29)/t21-/m0/s1. The number of rotatable bonds is 8. The largest absolute Gasteiger partial charge is 0.447 e. The van der Waals surface area contributed by atoms with Crippen LogP contribution in [0.3, 0.4) is 0 Å². The second kappa shape index (κ2) is 9.88. The molecule has 0 spiro atoms. The smallest absolute Gasteiger partial charge is 0.326 e. The lowest BCUT2D eigenvalue weighted by Gasteiger charge is -2.19. The number of hydrogen-bond acceptors (Lipinski definition) is 5. The Morgan fingerprint density at radius 3 is 2.35 bits per heavy atom. The monoisotopic (exact) mass is 423 g/mol. The maximum Gasteiger partial charge on any atom is 0.326 e. The second-order valence-corrected chi connectivity index (χ2v) is 7.42. The molecule has 1 aliphatic rings. The van der Waals surface area contributed by atoms with Gasteiger partial charge >= 0.3 is 12.0 Å². The van der Waals surface area contributed by atoms with Gasteiger partial charge in [0.1, 0.15) is 6.54 Å². The fraction of sp³-hybridized carbons (Fsp3) is 0.304. The highest BCUT2D eigenvalue weighted by Crippen LogP contribution is 2.21. The summed E-state index contributed by atoms with van der Waals surface area (Å²) in [5.74, 6) is -1.34. The number of aryl methyl sites for hydroxylation is 1. The van der Waals surface area contributed by atoms with Crippen molar-refractivity contribution >= 4 is 29.5 Å². The first-order valence-electron chi connectivity index (χ1n) is 10.0. The zero-order valence-corrected chi connectivity index (χ0v) is 17.5. The molecule has 0 bridgehead atoms. The van der Waals surface area contributed by atoms with Crippen LogP contribution < -0.4 is 5.32 Å². The number of benzene rings is 2. The Morgan fingerprint density at radius 2 is 1.74 bits per heavy atom.